The van der Waals surface area contributed by atoms with Gasteiger partial charge in [-0.25, -0.2) is 0 Å². The lowest BCUT2D eigenvalue weighted by molar-refractivity contribution is -0.116. The zero-order chi connectivity index (χ0) is 16.7. The van der Waals surface area contributed by atoms with Crippen LogP contribution in [0.3, 0.4) is 0 Å². The highest BCUT2D eigenvalue weighted by Gasteiger charge is 2.10. The molecule has 0 saturated carbocycles. The van der Waals surface area contributed by atoms with Crippen molar-refractivity contribution in [1.29, 1.82) is 0 Å². The fourth-order valence-corrected chi connectivity index (χ4v) is 2.30. The number of carbonyl (C=O) groups is 1. The topological polar surface area (TPSA) is 58.6 Å². The van der Waals surface area contributed by atoms with Gasteiger partial charge in [-0.2, -0.15) is 0 Å². The predicted octanol–water partition coefficient (Wildman–Crippen LogP) is 2.87. The van der Waals surface area contributed by atoms with Gasteiger partial charge >= 0.3 is 0 Å². The number of benzene rings is 2. The number of rotatable bonds is 6. The van der Waals surface area contributed by atoms with Crippen LogP contribution in [0.25, 0.3) is 6.08 Å². The number of hydrogen-bond acceptors (Lipinski definition) is 3. The summed E-state index contributed by atoms with van der Waals surface area (Å²) in [6.45, 7) is 2.10. The van der Waals surface area contributed by atoms with Crippen molar-refractivity contribution in [1.82, 2.24) is 5.32 Å². The van der Waals surface area contributed by atoms with Crippen molar-refractivity contribution in [2.75, 3.05) is 13.7 Å². The van der Waals surface area contributed by atoms with Crippen molar-refractivity contribution in [3.8, 4) is 5.75 Å². The number of nitrogens with one attached hydrogen (secondary N) is 1. The number of carbonyl (C=O) groups excluding carboxylic acids is 1. The molecule has 2 aromatic carbocycles. The van der Waals surface area contributed by atoms with E-state index in [0.717, 1.165) is 16.7 Å². The summed E-state index contributed by atoms with van der Waals surface area (Å²) in [6, 6.07) is 15.0. The zero-order valence-electron chi connectivity index (χ0n) is 13.3. The van der Waals surface area contributed by atoms with Gasteiger partial charge < -0.3 is 15.2 Å². The van der Waals surface area contributed by atoms with Gasteiger partial charge in [-0.15, -0.1) is 0 Å². The summed E-state index contributed by atoms with van der Waals surface area (Å²) < 4.78 is 5.22. The van der Waals surface area contributed by atoms with Gasteiger partial charge in [-0.1, -0.05) is 42.5 Å². The minimum atomic E-state index is -0.722. The van der Waals surface area contributed by atoms with Crippen LogP contribution in [0, 0.1) is 6.92 Å². The Morgan fingerprint density at radius 1 is 1.22 bits per heavy atom. The summed E-state index contributed by atoms with van der Waals surface area (Å²) in [5.41, 5.74) is 2.64. The second-order valence-corrected chi connectivity index (χ2v) is 5.19. The molecule has 0 fully saturated rings. The first-order valence-corrected chi connectivity index (χ1v) is 7.44. The van der Waals surface area contributed by atoms with Crippen molar-refractivity contribution in [3.05, 3.63) is 71.3 Å². The standard InChI is InChI=1S/C19H21NO3/c1-14-7-3-5-9-16(14)17(21)13-20-19(22)12-11-15-8-4-6-10-18(15)23-2/h3-12,17,21H,13H2,1-2H3,(H,20,22)/b12-11+. The summed E-state index contributed by atoms with van der Waals surface area (Å²) in [5.74, 6) is 0.444. The van der Waals surface area contributed by atoms with Gasteiger partial charge in [0.2, 0.25) is 5.91 Å². The molecule has 0 radical (unpaired) electrons. The Hall–Kier alpha value is -2.59. The van der Waals surface area contributed by atoms with Crippen molar-refractivity contribution in [2.24, 2.45) is 0 Å². The van der Waals surface area contributed by atoms with Crippen LogP contribution < -0.4 is 10.1 Å². The number of amides is 1. The summed E-state index contributed by atoms with van der Waals surface area (Å²) in [5, 5.41) is 12.9. The molecule has 0 aliphatic heterocycles. The molecule has 0 aliphatic carbocycles. The first kappa shape index (κ1) is 16.8. The number of aliphatic hydroxyl groups is 1. The average molecular weight is 311 g/mol. The minimum absolute atomic E-state index is 0.167. The second-order valence-electron chi connectivity index (χ2n) is 5.19. The van der Waals surface area contributed by atoms with Crippen LogP contribution >= 0.6 is 0 Å². The summed E-state index contributed by atoms with van der Waals surface area (Å²) in [7, 11) is 1.59. The maximum absolute atomic E-state index is 11.9. The Kier molecular flexibility index (Phi) is 5.94. The van der Waals surface area contributed by atoms with Crippen molar-refractivity contribution >= 4 is 12.0 Å². The van der Waals surface area contributed by atoms with Gasteiger partial charge in [0, 0.05) is 18.2 Å². The highest BCUT2D eigenvalue weighted by Crippen LogP contribution is 2.19. The quantitative estimate of drug-likeness (QED) is 0.807. The van der Waals surface area contributed by atoms with Crippen LogP contribution in [0.15, 0.2) is 54.6 Å². The minimum Gasteiger partial charge on any atom is -0.496 e. The third kappa shape index (κ3) is 4.69. The van der Waals surface area contributed by atoms with Crippen LogP contribution in [0.5, 0.6) is 5.75 Å². The summed E-state index contributed by atoms with van der Waals surface area (Å²) in [4.78, 5) is 11.9. The molecule has 0 spiro atoms. The molecule has 1 unspecified atom stereocenters. The highest BCUT2D eigenvalue weighted by molar-refractivity contribution is 5.92. The van der Waals surface area contributed by atoms with Crippen molar-refractivity contribution in [2.45, 2.75) is 13.0 Å². The molecule has 2 rings (SSSR count). The first-order chi connectivity index (χ1) is 11.1. The smallest absolute Gasteiger partial charge is 0.244 e. The van der Waals surface area contributed by atoms with Crippen LogP contribution in [0.1, 0.15) is 22.8 Å². The lowest BCUT2D eigenvalue weighted by atomic mass is 10.0. The third-order valence-corrected chi connectivity index (χ3v) is 3.57. The number of aliphatic hydroxyl groups excluding tert-OH is 1. The molecule has 0 aliphatic rings. The molecule has 0 bridgehead atoms. The van der Waals surface area contributed by atoms with Gasteiger partial charge in [0.25, 0.3) is 0 Å². The SMILES string of the molecule is COc1ccccc1/C=C/C(=O)NCC(O)c1ccccc1C. The molecule has 4 heteroatoms. The molecule has 23 heavy (non-hydrogen) atoms. The number of para-hydroxylation sites is 1. The third-order valence-electron chi connectivity index (χ3n) is 3.57. The molecular weight excluding hydrogens is 290 g/mol. The number of methoxy groups -OCH3 is 1. The van der Waals surface area contributed by atoms with Gasteiger partial charge in [-0.05, 0) is 30.2 Å². The monoisotopic (exact) mass is 311 g/mol. The molecule has 0 heterocycles. The fraction of sp³-hybridized carbons (Fsp3) is 0.211. The van der Waals surface area contributed by atoms with E-state index in [9.17, 15) is 9.90 Å². The highest BCUT2D eigenvalue weighted by atomic mass is 16.5. The maximum Gasteiger partial charge on any atom is 0.244 e. The molecule has 2 aromatic rings. The second kappa shape index (κ2) is 8.15. The van der Waals surface area contributed by atoms with E-state index in [0.29, 0.717) is 5.75 Å². The normalized spacial score (nSPS) is 12.1. The number of aryl methyl sites for hydroxylation is 1. The summed E-state index contributed by atoms with van der Waals surface area (Å²) >= 11 is 0. The Morgan fingerprint density at radius 2 is 1.91 bits per heavy atom. The molecule has 0 aromatic heterocycles. The van der Waals surface area contributed by atoms with E-state index in [-0.39, 0.29) is 12.5 Å². The Labute approximate surface area is 136 Å². The van der Waals surface area contributed by atoms with E-state index in [2.05, 4.69) is 5.32 Å². The van der Waals surface area contributed by atoms with Crippen LogP contribution in [-0.4, -0.2) is 24.7 Å². The molecule has 4 nitrogen and oxygen atoms in total. The van der Waals surface area contributed by atoms with E-state index >= 15 is 0 Å². The van der Waals surface area contributed by atoms with E-state index in [1.807, 2.05) is 55.5 Å². The first-order valence-electron chi connectivity index (χ1n) is 7.44. The molecular formula is C19H21NO3. The predicted molar refractivity (Wildman–Crippen MR) is 91.2 cm³/mol. The van der Waals surface area contributed by atoms with Crippen molar-refractivity contribution < 1.29 is 14.6 Å². The van der Waals surface area contributed by atoms with E-state index < -0.39 is 6.10 Å². The van der Waals surface area contributed by atoms with Gasteiger partial charge in [-0.3, -0.25) is 4.79 Å². The Bertz CT molecular complexity index is 695. The maximum atomic E-state index is 11.9. The average Bonchev–Trinajstić information content (AvgIpc) is 2.58. The lowest BCUT2D eigenvalue weighted by Crippen LogP contribution is -2.26. The van der Waals surface area contributed by atoms with E-state index in [4.69, 9.17) is 4.74 Å². The zero-order valence-corrected chi connectivity index (χ0v) is 13.3. The molecule has 1 atom stereocenters. The van der Waals surface area contributed by atoms with E-state index in [1.165, 1.54) is 6.08 Å². The van der Waals surface area contributed by atoms with Gasteiger partial charge in [0.05, 0.1) is 13.2 Å². The Morgan fingerprint density at radius 3 is 2.65 bits per heavy atom. The largest absolute Gasteiger partial charge is 0.496 e. The Balaban J connectivity index is 1.92. The number of hydrogen-bond donors (Lipinski definition) is 2. The summed E-state index contributed by atoms with van der Waals surface area (Å²) in [6.07, 6.45) is 2.40. The van der Waals surface area contributed by atoms with Gasteiger partial charge in [0.1, 0.15) is 5.75 Å². The number of ether oxygens (including phenoxy) is 1. The van der Waals surface area contributed by atoms with Crippen LogP contribution in [0.4, 0.5) is 0 Å². The lowest BCUT2D eigenvalue weighted by Gasteiger charge is -2.13. The molecule has 2 N–H and O–H groups in total. The van der Waals surface area contributed by atoms with Gasteiger partial charge in [0.15, 0.2) is 0 Å². The fourth-order valence-electron chi connectivity index (χ4n) is 2.30. The molecule has 120 valence electrons. The van der Waals surface area contributed by atoms with Crippen LogP contribution in [-0.2, 0) is 4.79 Å². The van der Waals surface area contributed by atoms with Crippen LogP contribution in [0.2, 0.25) is 0 Å². The van der Waals surface area contributed by atoms with E-state index in [1.54, 1.807) is 13.2 Å². The molecule has 1 amide bonds. The molecule has 0 saturated heterocycles. The van der Waals surface area contributed by atoms with Crippen molar-refractivity contribution in [3.63, 3.8) is 0 Å².